The molecule has 4 atom stereocenters. The van der Waals surface area contributed by atoms with Gasteiger partial charge in [0.1, 0.15) is 0 Å². The highest BCUT2D eigenvalue weighted by Gasteiger charge is 2.57. The zero-order chi connectivity index (χ0) is 18.1. The Hall–Kier alpha value is -1.42. The number of aliphatic carboxylic acids is 1. The van der Waals surface area contributed by atoms with Gasteiger partial charge in [-0.2, -0.15) is 0 Å². The molecule has 0 saturated heterocycles. The number of Topliss-reactive ketones (excluding diaryl/α,β-unsaturated/α-hetero) is 1. The molecular formula is C20H30O4. The molecule has 2 fully saturated rings. The molecule has 2 saturated carbocycles. The molecule has 0 aromatic rings. The fourth-order valence-corrected chi connectivity index (χ4v) is 5.18. The van der Waals surface area contributed by atoms with E-state index in [0.29, 0.717) is 18.4 Å². The number of rotatable bonds is 5. The lowest BCUT2D eigenvalue weighted by atomic mass is 9.46. The van der Waals surface area contributed by atoms with Gasteiger partial charge < -0.3 is 10.2 Å². The average Bonchev–Trinajstić information content (AvgIpc) is 2.50. The lowest BCUT2D eigenvalue weighted by Crippen LogP contribution is -2.53. The molecule has 0 aromatic heterocycles. The molecule has 4 heteroatoms. The van der Waals surface area contributed by atoms with Crippen molar-refractivity contribution in [3.63, 3.8) is 0 Å². The van der Waals surface area contributed by atoms with Crippen LogP contribution in [0.25, 0.3) is 0 Å². The zero-order valence-corrected chi connectivity index (χ0v) is 15.1. The molecule has 0 aromatic carbocycles. The summed E-state index contributed by atoms with van der Waals surface area (Å²) in [5.74, 6) is -0.599. The Morgan fingerprint density at radius 3 is 2.58 bits per heavy atom. The van der Waals surface area contributed by atoms with Crippen molar-refractivity contribution in [3.05, 3.63) is 23.8 Å². The molecule has 0 amide bonds. The van der Waals surface area contributed by atoms with Crippen LogP contribution < -0.4 is 0 Å². The van der Waals surface area contributed by atoms with E-state index >= 15 is 0 Å². The lowest BCUT2D eigenvalue weighted by Gasteiger charge is -2.57. The Bertz CT molecular complexity index is 576. The SMILES string of the molecule is C=C1CC[C@@H]2[C@](C)(CCC[C@]2(C)C(=O)O)[C@H]1CC(=O)/C(C)=C/CO. The Labute approximate surface area is 144 Å². The molecule has 4 nitrogen and oxygen atoms in total. The van der Waals surface area contributed by atoms with Crippen LogP contribution in [0.2, 0.25) is 0 Å². The van der Waals surface area contributed by atoms with E-state index in [0.717, 1.165) is 31.3 Å². The summed E-state index contributed by atoms with van der Waals surface area (Å²) in [5, 5.41) is 18.8. The standard InChI is InChI=1S/C20H30O4/c1-13-6-7-17-19(3,9-5-10-20(17,4)18(23)24)15(13)12-16(22)14(2)8-11-21/h8,15,17,21H,1,5-7,9-12H2,2-4H3,(H,23,24)/b14-8+/t15-,17+,19+,20-/m0/s1. The van der Waals surface area contributed by atoms with Gasteiger partial charge >= 0.3 is 5.97 Å². The molecule has 2 rings (SSSR count). The van der Waals surface area contributed by atoms with Crippen LogP contribution in [-0.2, 0) is 9.59 Å². The van der Waals surface area contributed by atoms with Crippen molar-refractivity contribution >= 4 is 11.8 Å². The molecule has 2 aliphatic carbocycles. The maximum absolute atomic E-state index is 12.5. The molecule has 0 aliphatic heterocycles. The minimum atomic E-state index is -0.717. The number of allylic oxidation sites excluding steroid dienone is 2. The molecule has 0 radical (unpaired) electrons. The van der Waals surface area contributed by atoms with E-state index in [4.69, 9.17) is 5.11 Å². The van der Waals surface area contributed by atoms with Crippen LogP contribution in [0.3, 0.4) is 0 Å². The van der Waals surface area contributed by atoms with Crippen LogP contribution in [0.1, 0.15) is 59.3 Å². The third-order valence-corrected chi connectivity index (χ3v) is 6.74. The molecular weight excluding hydrogens is 304 g/mol. The fraction of sp³-hybridized carbons (Fsp3) is 0.700. The van der Waals surface area contributed by atoms with Crippen molar-refractivity contribution in [2.24, 2.45) is 22.7 Å². The van der Waals surface area contributed by atoms with Crippen molar-refractivity contribution in [1.29, 1.82) is 0 Å². The highest BCUT2D eigenvalue weighted by molar-refractivity contribution is 5.95. The van der Waals surface area contributed by atoms with Gasteiger partial charge in [0.05, 0.1) is 12.0 Å². The number of hydrogen-bond donors (Lipinski definition) is 2. The molecule has 0 spiro atoms. The minimum absolute atomic E-state index is 0.0183. The van der Waals surface area contributed by atoms with Gasteiger partial charge in [-0.1, -0.05) is 31.6 Å². The first-order valence-corrected chi connectivity index (χ1v) is 8.88. The number of carboxylic acid groups (broad SMARTS) is 1. The van der Waals surface area contributed by atoms with Gasteiger partial charge in [-0.15, -0.1) is 0 Å². The fourth-order valence-electron chi connectivity index (χ4n) is 5.18. The zero-order valence-electron chi connectivity index (χ0n) is 15.1. The van der Waals surface area contributed by atoms with Gasteiger partial charge in [0.15, 0.2) is 5.78 Å². The van der Waals surface area contributed by atoms with Crippen molar-refractivity contribution in [2.75, 3.05) is 6.61 Å². The Morgan fingerprint density at radius 1 is 1.33 bits per heavy atom. The summed E-state index contributed by atoms with van der Waals surface area (Å²) in [6.45, 7) is 9.84. The smallest absolute Gasteiger partial charge is 0.309 e. The monoisotopic (exact) mass is 334 g/mol. The summed E-state index contributed by atoms with van der Waals surface area (Å²) in [5.41, 5.74) is 0.738. The Balaban J connectivity index is 2.34. The number of carbonyl (C=O) groups is 2. The first-order valence-electron chi connectivity index (χ1n) is 8.88. The molecule has 0 heterocycles. The Morgan fingerprint density at radius 2 is 2.00 bits per heavy atom. The summed E-state index contributed by atoms with van der Waals surface area (Å²) < 4.78 is 0. The van der Waals surface area contributed by atoms with Crippen LogP contribution in [0.4, 0.5) is 0 Å². The average molecular weight is 334 g/mol. The highest BCUT2D eigenvalue weighted by Crippen LogP contribution is 2.61. The Kier molecular flexibility index (Phi) is 5.38. The summed E-state index contributed by atoms with van der Waals surface area (Å²) in [6.07, 6.45) is 6.07. The van der Waals surface area contributed by atoms with E-state index in [2.05, 4.69) is 13.5 Å². The number of ketones is 1. The molecule has 2 N–H and O–H groups in total. The van der Waals surface area contributed by atoms with Gasteiger partial charge in [0.25, 0.3) is 0 Å². The van der Waals surface area contributed by atoms with Crippen LogP contribution in [-0.4, -0.2) is 28.6 Å². The number of aliphatic hydroxyl groups excluding tert-OH is 1. The van der Waals surface area contributed by atoms with Crippen molar-refractivity contribution < 1.29 is 19.8 Å². The molecule has 0 unspecified atom stereocenters. The van der Waals surface area contributed by atoms with E-state index in [1.807, 2.05) is 6.92 Å². The largest absolute Gasteiger partial charge is 0.481 e. The maximum atomic E-state index is 12.5. The predicted molar refractivity (Wildman–Crippen MR) is 93.5 cm³/mol. The summed E-state index contributed by atoms with van der Waals surface area (Å²) in [6, 6.07) is 0. The molecule has 0 bridgehead atoms. The van der Waals surface area contributed by atoms with Crippen LogP contribution in [0, 0.1) is 22.7 Å². The molecule has 134 valence electrons. The first-order chi connectivity index (χ1) is 11.2. The normalized spacial score (nSPS) is 37.0. The van der Waals surface area contributed by atoms with Gasteiger partial charge in [-0.3, -0.25) is 9.59 Å². The number of fused-ring (bicyclic) bond motifs is 1. The quantitative estimate of drug-likeness (QED) is 0.593. The second-order valence-corrected chi connectivity index (χ2v) is 8.08. The predicted octanol–water partition coefficient (Wildman–Crippen LogP) is 3.75. The number of carbonyl (C=O) groups excluding carboxylic acids is 1. The maximum Gasteiger partial charge on any atom is 0.309 e. The van der Waals surface area contributed by atoms with E-state index in [9.17, 15) is 14.7 Å². The number of hydrogen-bond acceptors (Lipinski definition) is 3. The lowest BCUT2D eigenvalue weighted by molar-refractivity contribution is -0.164. The van der Waals surface area contributed by atoms with Gasteiger partial charge in [-0.05, 0) is 62.4 Å². The second-order valence-electron chi connectivity index (χ2n) is 8.08. The van der Waals surface area contributed by atoms with Crippen molar-refractivity contribution in [2.45, 2.75) is 59.3 Å². The molecule has 2 aliphatic rings. The summed E-state index contributed by atoms with van der Waals surface area (Å²) >= 11 is 0. The van der Waals surface area contributed by atoms with Gasteiger partial charge in [-0.25, -0.2) is 0 Å². The van der Waals surface area contributed by atoms with E-state index in [-0.39, 0.29) is 29.6 Å². The third kappa shape index (κ3) is 3.08. The first kappa shape index (κ1) is 18.9. The number of carboxylic acids is 1. The minimum Gasteiger partial charge on any atom is -0.481 e. The van der Waals surface area contributed by atoms with E-state index < -0.39 is 11.4 Å². The second kappa shape index (κ2) is 6.83. The van der Waals surface area contributed by atoms with Crippen molar-refractivity contribution in [3.8, 4) is 0 Å². The van der Waals surface area contributed by atoms with Gasteiger partial charge in [0.2, 0.25) is 0 Å². The highest BCUT2D eigenvalue weighted by atomic mass is 16.4. The van der Waals surface area contributed by atoms with Gasteiger partial charge in [0, 0.05) is 6.42 Å². The van der Waals surface area contributed by atoms with Crippen LogP contribution >= 0.6 is 0 Å². The summed E-state index contributed by atoms with van der Waals surface area (Å²) in [4.78, 5) is 24.5. The van der Waals surface area contributed by atoms with Crippen LogP contribution in [0.15, 0.2) is 23.8 Å². The third-order valence-electron chi connectivity index (χ3n) is 6.74. The number of aliphatic hydroxyl groups is 1. The van der Waals surface area contributed by atoms with E-state index in [1.54, 1.807) is 6.92 Å². The van der Waals surface area contributed by atoms with Crippen molar-refractivity contribution in [1.82, 2.24) is 0 Å². The topological polar surface area (TPSA) is 74.6 Å². The summed E-state index contributed by atoms with van der Waals surface area (Å²) in [7, 11) is 0. The van der Waals surface area contributed by atoms with Crippen LogP contribution in [0.5, 0.6) is 0 Å². The van der Waals surface area contributed by atoms with E-state index in [1.165, 1.54) is 6.08 Å². The molecule has 24 heavy (non-hydrogen) atoms.